The lowest BCUT2D eigenvalue weighted by Crippen LogP contribution is -2.12. The van der Waals surface area contributed by atoms with Gasteiger partial charge in [0.05, 0.1) is 0 Å². The second kappa shape index (κ2) is 3.62. The van der Waals surface area contributed by atoms with Gasteiger partial charge in [0.1, 0.15) is 18.0 Å². The van der Waals surface area contributed by atoms with E-state index < -0.39 is 0 Å². The number of hydrogen-bond acceptors (Lipinski definition) is 4. The van der Waals surface area contributed by atoms with Gasteiger partial charge in [-0.25, -0.2) is 0 Å². The van der Waals surface area contributed by atoms with Crippen LogP contribution >= 0.6 is 0 Å². The summed E-state index contributed by atoms with van der Waals surface area (Å²) >= 11 is 0. The quantitative estimate of drug-likeness (QED) is 0.296. The van der Waals surface area contributed by atoms with E-state index >= 15 is 0 Å². The molecule has 0 radical (unpaired) electrons. The first-order chi connectivity index (χ1) is 7.24. The Morgan fingerprint density at radius 2 is 2.20 bits per heavy atom. The van der Waals surface area contributed by atoms with Crippen molar-refractivity contribution in [3.05, 3.63) is 35.6 Å². The standard InChI is InChI=1S/C10H10N2O3/c11-10(12-14)6-1-2-9-7(3-6)4-8(5-13)15-9/h1-4,13-14H,5H2,(H2,11,12). The highest BCUT2D eigenvalue weighted by Gasteiger charge is 2.05. The number of benzene rings is 1. The minimum atomic E-state index is -0.145. The van der Waals surface area contributed by atoms with Crippen molar-refractivity contribution in [1.29, 1.82) is 0 Å². The minimum Gasteiger partial charge on any atom is -0.459 e. The number of rotatable bonds is 2. The first-order valence-corrected chi connectivity index (χ1v) is 4.36. The normalized spacial score (nSPS) is 12.2. The maximum atomic E-state index is 8.88. The summed E-state index contributed by atoms with van der Waals surface area (Å²) in [6.45, 7) is -0.145. The SMILES string of the molecule is N/C(=N\O)c1ccc2oc(CO)cc2c1. The van der Waals surface area contributed by atoms with Crippen LogP contribution < -0.4 is 5.73 Å². The molecule has 0 aliphatic heterocycles. The Morgan fingerprint density at radius 1 is 1.40 bits per heavy atom. The van der Waals surface area contributed by atoms with Gasteiger partial charge in [-0.05, 0) is 24.3 Å². The van der Waals surface area contributed by atoms with Crippen LogP contribution in [0, 0.1) is 0 Å². The number of furan rings is 1. The molecule has 0 saturated carbocycles. The number of nitrogens with two attached hydrogens (primary N) is 1. The van der Waals surface area contributed by atoms with E-state index in [0.717, 1.165) is 5.39 Å². The maximum Gasteiger partial charge on any atom is 0.170 e. The van der Waals surface area contributed by atoms with Crippen LogP contribution in [0.4, 0.5) is 0 Å². The van der Waals surface area contributed by atoms with Crippen molar-refractivity contribution in [3.8, 4) is 0 Å². The molecule has 1 aromatic carbocycles. The summed E-state index contributed by atoms with van der Waals surface area (Å²) < 4.78 is 5.29. The van der Waals surface area contributed by atoms with E-state index in [1.807, 2.05) is 0 Å². The van der Waals surface area contributed by atoms with Crippen LogP contribution in [0.5, 0.6) is 0 Å². The van der Waals surface area contributed by atoms with E-state index in [1.165, 1.54) is 0 Å². The number of nitrogens with zero attached hydrogens (tertiary/aromatic N) is 1. The zero-order valence-corrected chi connectivity index (χ0v) is 7.84. The molecular weight excluding hydrogens is 196 g/mol. The summed E-state index contributed by atoms with van der Waals surface area (Å²) in [4.78, 5) is 0. The van der Waals surface area contributed by atoms with Crippen molar-refractivity contribution in [2.75, 3.05) is 0 Å². The lowest BCUT2D eigenvalue weighted by atomic mass is 10.1. The summed E-state index contributed by atoms with van der Waals surface area (Å²) in [5.41, 5.74) is 6.71. The fraction of sp³-hybridized carbons (Fsp3) is 0.100. The fourth-order valence-corrected chi connectivity index (χ4v) is 1.39. The molecule has 1 heterocycles. The lowest BCUT2D eigenvalue weighted by Gasteiger charge is -1.96. The van der Waals surface area contributed by atoms with E-state index in [1.54, 1.807) is 24.3 Å². The smallest absolute Gasteiger partial charge is 0.170 e. The molecule has 0 aliphatic carbocycles. The molecule has 5 heteroatoms. The van der Waals surface area contributed by atoms with E-state index in [2.05, 4.69) is 5.16 Å². The van der Waals surface area contributed by atoms with Gasteiger partial charge in [0, 0.05) is 10.9 Å². The molecule has 0 fully saturated rings. The van der Waals surface area contributed by atoms with Crippen molar-refractivity contribution >= 4 is 16.8 Å². The van der Waals surface area contributed by atoms with Gasteiger partial charge in [0.2, 0.25) is 0 Å². The van der Waals surface area contributed by atoms with Gasteiger partial charge >= 0.3 is 0 Å². The average molecular weight is 206 g/mol. The van der Waals surface area contributed by atoms with Gasteiger partial charge < -0.3 is 20.5 Å². The highest BCUT2D eigenvalue weighted by atomic mass is 16.4. The summed E-state index contributed by atoms with van der Waals surface area (Å²) in [5, 5.41) is 21.1. The molecule has 0 spiro atoms. The predicted molar refractivity (Wildman–Crippen MR) is 54.6 cm³/mol. The molecule has 0 amide bonds. The minimum absolute atomic E-state index is 0.0450. The molecule has 4 N–H and O–H groups in total. The molecule has 1 aromatic heterocycles. The van der Waals surface area contributed by atoms with E-state index in [-0.39, 0.29) is 12.4 Å². The van der Waals surface area contributed by atoms with Crippen molar-refractivity contribution in [1.82, 2.24) is 0 Å². The second-order valence-corrected chi connectivity index (χ2v) is 3.11. The van der Waals surface area contributed by atoms with Crippen LogP contribution in [0.1, 0.15) is 11.3 Å². The maximum absolute atomic E-state index is 8.88. The first kappa shape index (κ1) is 9.54. The molecule has 0 aliphatic rings. The number of amidine groups is 1. The largest absolute Gasteiger partial charge is 0.459 e. The number of hydrogen-bond donors (Lipinski definition) is 3. The third-order valence-electron chi connectivity index (χ3n) is 2.13. The number of oxime groups is 1. The Hall–Kier alpha value is -2.01. The summed E-state index contributed by atoms with van der Waals surface area (Å²) in [6.07, 6.45) is 0. The molecular formula is C10H10N2O3. The fourth-order valence-electron chi connectivity index (χ4n) is 1.39. The van der Waals surface area contributed by atoms with Crippen LogP contribution in [-0.4, -0.2) is 16.1 Å². The predicted octanol–water partition coefficient (Wildman–Crippen LogP) is 1.02. The van der Waals surface area contributed by atoms with Crippen molar-refractivity contribution in [2.24, 2.45) is 10.9 Å². The molecule has 0 saturated heterocycles. The van der Waals surface area contributed by atoms with Gasteiger partial charge in [-0.2, -0.15) is 0 Å². The summed E-state index contributed by atoms with van der Waals surface area (Å²) in [5.74, 6) is 0.533. The third-order valence-corrected chi connectivity index (χ3v) is 2.13. The van der Waals surface area contributed by atoms with Crippen LogP contribution in [0.15, 0.2) is 33.8 Å². The molecule has 2 rings (SSSR count). The van der Waals surface area contributed by atoms with Gasteiger partial charge in [0.15, 0.2) is 5.84 Å². The summed E-state index contributed by atoms with van der Waals surface area (Å²) in [6, 6.07) is 6.83. The molecule has 15 heavy (non-hydrogen) atoms. The van der Waals surface area contributed by atoms with E-state index in [9.17, 15) is 0 Å². The van der Waals surface area contributed by atoms with Crippen LogP contribution in [0.2, 0.25) is 0 Å². The number of aliphatic hydroxyl groups excluding tert-OH is 1. The molecule has 2 aromatic rings. The van der Waals surface area contributed by atoms with Gasteiger partial charge in [-0.3, -0.25) is 0 Å². The monoisotopic (exact) mass is 206 g/mol. The Bertz CT molecular complexity index is 516. The Morgan fingerprint density at radius 3 is 2.87 bits per heavy atom. The highest BCUT2D eigenvalue weighted by molar-refractivity contribution is 6.00. The van der Waals surface area contributed by atoms with Gasteiger partial charge in [0.25, 0.3) is 0 Å². The Balaban J connectivity index is 2.55. The molecule has 78 valence electrons. The topological polar surface area (TPSA) is 92.0 Å². The second-order valence-electron chi connectivity index (χ2n) is 3.11. The molecule has 0 bridgehead atoms. The van der Waals surface area contributed by atoms with Gasteiger partial charge in [-0.1, -0.05) is 5.16 Å². The molecule has 5 nitrogen and oxygen atoms in total. The van der Waals surface area contributed by atoms with Crippen LogP contribution in [0.25, 0.3) is 11.0 Å². The van der Waals surface area contributed by atoms with E-state index in [0.29, 0.717) is 16.9 Å². The lowest BCUT2D eigenvalue weighted by molar-refractivity contribution is 0.251. The summed E-state index contributed by atoms with van der Waals surface area (Å²) in [7, 11) is 0. The first-order valence-electron chi connectivity index (χ1n) is 4.36. The third kappa shape index (κ3) is 1.64. The number of fused-ring (bicyclic) bond motifs is 1. The zero-order valence-electron chi connectivity index (χ0n) is 7.84. The van der Waals surface area contributed by atoms with Crippen molar-refractivity contribution in [3.63, 3.8) is 0 Å². The average Bonchev–Trinajstić information content (AvgIpc) is 2.69. The Labute approximate surface area is 85.4 Å². The molecule has 0 atom stereocenters. The zero-order chi connectivity index (χ0) is 10.8. The highest BCUT2D eigenvalue weighted by Crippen LogP contribution is 2.20. The van der Waals surface area contributed by atoms with Crippen molar-refractivity contribution < 1.29 is 14.7 Å². The van der Waals surface area contributed by atoms with E-state index in [4.69, 9.17) is 20.5 Å². The number of aliphatic hydroxyl groups is 1. The van der Waals surface area contributed by atoms with Crippen molar-refractivity contribution in [2.45, 2.75) is 6.61 Å². The van der Waals surface area contributed by atoms with Gasteiger partial charge in [-0.15, -0.1) is 0 Å². The van der Waals surface area contributed by atoms with Crippen LogP contribution in [-0.2, 0) is 6.61 Å². The molecule has 0 unspecified atom stereocenters. The Kier molecular flexibility index (Phi) is 2.31. The van der Waals surface area contributed by atoms with Crippen LogP contribution in [0.3, 0.4) is 0 Å².